The van der Waals surface area contributed by atoms with E-state index in [0.29, 0.717) is 5.69 Å². The van der Waals surface area contributed by atoms with Gasteiger partial charge in [-0.25, -0.2) is 9.29 Å². The Kier molecular flexibility index (Phi) is 5.43. The molecule has 0 spiro atoms. The van der Waals surface area contributed by atoms with Gasteiger partial charge in [-0.1, -0.05) is 11.6 Å². The fraction of sp³-hybridized carbons (Fsp3) is 0.333. The molecule has 4 rings (SSSR count). The average Bonchev–Trinajstić information content (AvgIpc) is 3.04. The summed E-state index contributed by atoms with van der Waals surface area (Å²) in [5.41, 5.74) is 1.44. The van der Waals surface area contributed by atoms with Crippen LogP contribution < -0.4 is 19.4 Å². The second kappa shape index (κ2) is 8.00. The molecule has 0 saturated carbocycles. The number of halogens is 2. The van der Waals surface area contributed by atoms with Crippen molar-refractivity contribution in [1.82, 2.24) is 0 Å². The monoisotopic (exact) mass is 418 g/mol. The van der Waals surface area contributed by atoms with E-state index in [-0.39, 0.29) is 23.3 Å². The number of hydrogen-bond acceptors (Lipinski definition) is 4. The van der Waals surface area contributed by atoms with Crippen molar-refractivity contribution in [3.8, 4) is 5.75 Å². The summed E-state index contributed by atoms with van der Waals surface area (Å²) in [5.74, 6) is -0.279. The Morgan fingerprint density at radius 1 is 1.07 bits per heavy atom. The maximum atomic E-state index is 13.4. The van der Waals surface area contributed by atoms with Crippen molar-refractivity contribution in [2.24, 2.45) is 0 Å². The molecule has 2 saturated heterocycles. The maximum absolute atomic E-state index is 13.4. The van der Waals surface area contributed by atoms with E-state index in [4.69, 9.17) is 16.3 Å². The van der Waals surface area contributed by atoms with Gasteiger partial charge in [0.05, 0.1) is 50.4 Å². The molecular weight excluding hydrogens is 397 g/mol. The van der Waals surface area contributed by atoms with Gasteiger partial charge in [0, 0.05) is 5.69 Å². The minimum absolute atomic E-state index is 0.105. The predicted octanol–water partition coefficient (Wildman–Crippen LogP) is 1.52. The van der Waals surface area contributed by atoms with Crippen molar-refractivity contribution in [1.29, 1.82) is 0 Å². The zero-order valence-corrected chi connectivity index (χ0v) is 16.8. The number of anilines is 2. The van der Waals surface area contributed by atoms with Gasteiger partial charge in [0.15, 0.2) is 6.04 Å². The summed E-state index contributed by atoms with van der Waals surface area (Å²) < 4.78 is 18.6. The highest BCUT2D eigenvalue weighted by Gasteiger charge is 2.46. The Bertz CT molecular complexity index is 929. The molecule has 2 aliphatic heterocycles. The Hall–Kier alpha value is -2.64. The van der Waals surface area contributed by atoms with E-state index < -0.39 is 11.9 Å². The molecule has 2 aromatic carbocycles. The Labute approximate surface area is 173 Å². The average molecular weight is 419 g/mol. The molecule has 0 bridgehead atoms. The Morgan fingerprint density at radius 2 is 1.72 bits per heavy atom. The van der Waals surface area contributed by atoms with Crippen LogP contribution in [-0.2, 0) is 9.59 Å². The van der Waals surface area contributed by atoms with E-state index in [2.05, 4.69) is 4.90 Å². The number of methoxy groups -OCH3 is 1. The lowest BCUT2D eigenvalue weighted by Gasteiger charge is -2.35. The minimum atomic E-state index is -0.577. The van der Waals surface area contributed by atoms with Crippen molar-refractivity contribution in [3.05, 3.63) is 53.3 Å². The summed E-state index contributed by atoms with van der Waals surface area (Å²) in [6, 6.07) is 11.4. The van der Waals surface area contributed by atoms with Crippen LogP contribution in [-0.4, -0.2) is 51.1 Å². The van der Waals surface area contributed by atoms with E-state index in [1.165, 1.54) is 18.2 Å². The third-order valence-corrected chi connectivity index (χ3v) is 5.93. The highest BCUT2D eigenvalue weighted by atomic mass is 35.5. The number of quaternary nitrogens is 1. The summed E-state index contributed by atoms with van der Waals surface area (Å²) >= 11 is 5.82. The molecule has 1 N–H and O–H groups in total. The molecule has 29 heavy (non-hydrogen) atoms. The SMILES string of the molecule is COc1ccc(N2CC[NH+]([C@@H]3CC(=O)N(c4ccc(F)c(Cl)c4)C3=O)CC2)cc1. The molecule has 2 aliphatic rings. The van der Waals surface area contributed by atoms with Crippen LogP contribution >= 0.6 is 11.6 Å². The van der Waals surface area contributed by atoms with Gasteiger partial charge >= 0.3 is 0 Å². The Balaban J connectivity index is 1.42. The van der Waals surface area contributed by atoms with Crippen molar-refractivity contribution in [3.63, 3.8) is 0 Å². The third-order valence-electron chi connectivity index (χ3n) is 5.64. The number of ether oxygens (including phenoxy) is 1. The second-order valence-corrected chi connectivity index (χ2v) is 7.67. The van der Waals surface area contributed by atoms with Crippen molar-refractivity contribution in [2.45, 2.75) is 12.5 Å². The van der Waals surface area contributed by atoms with E-state index in [1.807, 2.05) is 24.3 Å². The molecule has 152 valence electrons. The predicted molar refractivity (Wildman–Crippen MR) is 108 cm³/mol. The van der Waals surface area contributed by atoms with Crippen LogP contribution in [0.25, 0.3) is 0 Å². The summed E-state index contributed by atoms with van der Waals surface area (Å²) in [7, 11) is 1.64. The second-order valence-electron chi connectivity index (χ2n) is 7.27. The van der Waals surface area contributed by atoms with Gasteiger partial charge in [-0.2, -0.15) is 0 Å². The standard InChI is InChI=1S/C21H21ClFN3O3/c1-29-16-5-2-14(3-6-16)24-8-10-25(11-9-24)19-13-20(27)26(21(19)28)15-4-7-18(23)17(22)12-15/h2-7,12,19H,8-11,13H2,1H3/p+1/t19-/m1/s1. The molecule has 6 nitrogen and oxygen atoms in total. The normalized spacial score (nSPS) is 20.4. The van der Waals surface area contributed by atoms with Crippen LogP contribution in [0.1, 0.15) is 6.42 Å². The lowest BCUT2D eigenvalue weighted by Crippen LogP contribution is -3.19. The summed E-state index contributed by atoms with van der Waals surface area (Å²) in [6.45, 7) is 3.10. The van der Waals surface area contributed by atoms with Gasteiger partial charge in [0.2, 0.25) is 5.91 Å². The van der Waals surface area contributed by atoms with Crippen molar-refractivity contribution >= 4 is 34.8 Å². The lowest BCUT2D eigenvalue weighted by atomic mass is 10.1. The number of hydrogen-bond donors (Lipinski definition) is 1. The number of benzene rings is 2. The van der Waals surface area contributed by atoms with Gasteiger partial charge in [-0.15, -0.1) is 0 Å². The van der Waals surface area contributed by atoms with Crippen LogP contribution in [0, 0.1) is 5.82 Å². The molecule has 8 heteroatoms. The summed E-state index contributed by atoms with van der Waals surface area (Å²) in [5, 5.41) is -0.105. The molecule has 2 heterocycles. The first-order valence-electron chi connectivity index (χ1n) is 9.53. The minimum Gasteiger partial charge on any atom is -0.497 e. The van der Waals surface area contributed by atoms with Crippen LogP contribution in [0.4, 0.5) is 15.8 Å². The number of imide groups is 1. The highest BCUT2D eigenvalue weighted by molar-refractivity contribution is 6.31. The number of carbonyl (C=O) groups excluding carboxylic acids is 2. The number of amides is 2. The number of nitrogens with zero attached hydrogens (tertiary/aromatic N) is 2. The first-order chi connectivity index (χ1) is 14.0. The molecule has 2 amide bonds. The number of piperazine rings is 1. The molecule has 2 fully saturated rings. The fourth-order valence-corrected chi connectivity index (χ4v) is 4.21. The highest BCUT2D eigenvalue weighted by Crippen LogP contribution is 2.27. The Morgan fingerprint density at radius 3 is 2.34 bits per heavy atom. The molecule has 0 radical (unpaired) electrons. The molecule has 2 aromatic rings. The third kappa shape index (κ3) is 3.80. The zero-order valence-electron chi connectivity index (χ0n) is 16.0. The summed E-state index contributed by atoms with van der Waals surface area (Å²) in [6.07, 6.45) is 0.158. The van der Waals surface area contributed by atoms with Crippen LogP contribution in [0.3, 0.4) is 0 Å². The number of carbonyl (C=O) groups is 2. The molecular formula is C21H22ClFN3O3+. The van der Waals surface area contributed by atoms with Gasteiger partial charge < -0.3 is 14.5 Å². The van der Waals surface area contributed by atoms with E-state index in [0.717, 1.165) is 47.4 Å². The lowest BCUT2D eigenvalue weighted by molar-refractivity contribution is -0.915. The van der Waals surface area contributed by atoms with Crippen LogP contribution in [0.5, 0.6) is 5.75 Å². The van der Waals surface area contributed by atoms with Gasteiger partial charge in [-0.05, 0) is 42.5 Å². The van der Waals surface area contributed by atoms with Crippen LogP contribution in [0.2, 0.25) is 5.02 Å². The van der Waals surface area contributed by atoms with Crippen molar-refractivity contribution in [2.75, 3.05) is 43.1 Å². The molecule has 1 atom stereocenters. The van der Waals surface area contributed by atoms with Gasteiger partial charge in [0.1, 0.15) is 11.6 Å². The zero-order chi connectivity index (χ0) is 20.5. The molecule has 0 aliphatic carbocycles. The maximum Gasteiger partial charge on any atom is 0.292 e. The summed E-state index contributed by atoms with van der Waals surface area (Å²) in [4.78, 5) is 30.0. The number of rotatable bonds is 4. The molecule has 0 unspecified atom stereocenters. The molecule has 0 aromatic heterocycles. The number of nitrogens with one attached hydrogen (secondary N) is 1. The van der Waals surface area contributed by atoms with E-state index in [9.17, 15) is 14.0 Å². The fourth-order valence-electron chi connectivity index (χ4n) is 4.04. The van der Waals surface area contributed by atoms with Gasteiger partial charge in [-0.3, -0.25) is 9.59 Å². The first kappa shape index (κ1) is 19.7. The van der Waals surface area contributed by atoms with Crippen molar-refractivity contribution < 1.29 is 23.6 Å². The van der Waals surface area contributed by atoms with Crippen LogP contribution in [0.15, 0.2) is 42.5 Å². The van der Waals surface area contributed by atoms with E-state index >= 15 is 0 Å². The van der Waals surface area contributed by atoms with Gasteiger partial charge in [0.25, 0.3) is 5.91 Å². The first-order valence-corrected chi connectivity index (χ1v) is 9.91. The quantitative estimate of drug-likeness (QED) is 0.765. The van der Waals surface area contributed by atoms with E-state index in [1.54, 1.807) is 7.11 Å². The largest absolute Gasteiger partial charge is 0.497 e. The topological polar surface area (TPSA) is 54.3 Å². The smallest absolute Gasteiger partial charge is 0.292 e.